The lowest BCUT2D eigenvalue weighted by molar-refractivity contribution is -0.147. The highest BCUT2D eigenvalue weighted by atomic mass is 35.5. The van der Waals surface area contributed by atoms with Gasteiger partial charge in [0.2, 0.25) is 0 Å². The van der Waals surface area contributed by atoms with Crippen molar-refractivity contribution in [2.75, 3.05) is 6.61 Å². The van der Waals surface area contributed by atoms with Crippen LogP contribution in [-0.2, 0) is 9.53 Å². The number of ether oxygens (including phenoxy) is 1. The van der Waals surface area contributed by atoms with E-state index in [-0.39, 0.29) is 18.2 Å². The zero-order valence-electron chi connectivity index (χ0n) is 11.4. The Hall–Kier alpha value is -1.76. The van der Waals surface area contributed by atoms with Crippen LogP contribution in [0.15, 0.2) is 24.4 Å². The van der Waals surface area contributed by atoms with E-state index in [4.69, 9.17) is 16.3 Å². The maximum Gasteiger partial charge on any atom is 0.308 e. The lowest BCUT2D eigenvalue weighted by Crippen LogP contribution is -2.23. The van der Waals surface area contributed by atoms with Crippen molar-refractivity contribution in [2.24, 2.45) is 0 Å². The lowest BCUT2D eigenvalue weighted by atomic mass is 10.0. The average Bonchev–Trinajstić information content (AvgIpc) is 2.45. The molecule has 1 heterocycles. The molecule has 2 rings (SSSR count). The van der Waals surface area contributed by atoms with Gasteiger partial charge in [0.05, 0.1) is 36.4 Å². The van der Waals surface area contributed by atoms with Crippen LogP contribution in [0.4, 0.5) is 0 Å². The highest BCUT2D eigenvalue weighted by Crippen LogP contribution is 2.23. The Morgan fingerprint density at radius 3 is 2.86 bits per heavy atom. The van der Waals surface area contributed by atoms with Crippen molar-refractivity contribution in [1.82, 2.24) is 9.97 Å². The molecule has 0 bridgehead atoms. The Morgan fingerprint density at radius 1 is 1.38 bits per heavy atom. The molecule has 1 aromatic carbocycles. The van der Waals surface area contributed by atoms with Gasteiger partial charge in [-0.05, 0) is 24.6 Å². The molecule has 0 amide bonds. The third-order valence-corrected chi connectivity index (χ3v) is 3.11. The minimum atomic E-state index is -1.26. The van der Waals surface area contributed by atoms with Crippen LogP contribution in [0.3, 0.4) is 0 Å². The summed E-state index contributed by atoms with van der Waals surface area (Å²) >= 11 is 5.77. The van der Waals surface area contributed by atoms with Crippen LogP contribution in [0.1, 0.15) is 25.0 Å². The number of fused-ring (bicyclic) bond motifs is 1. The summed E-state index contributed by atoms with van der Waals surface area (Å²) in [5.41, 5.74) is 1.55. The Kier molecular flexibility index (Phi) is 5.06. The monoisotopic (exact) mass is 310 g/mol. The van der Waals surface area contributed by atoms with Crippen LogP contribution in [0.25, 0.3) is 11.0 Å². The maximum absolute atomic E-state index is 11.3. The molecule has 0 radical (unpaired) electrons. The molecule has 0 spiro atoms. The molecule has 0 aliphatic heterocycles. The number of hydrogen-bond acceptors (Lipinski definition) is 6. The van der Waals surface area contributed by atoms with Gasteiger partial charge in [0.25, 0.3) is 0 Å². The molecule has 0 saturated heterocycles. The number of carbonyl (C=O) groups excluding carboxylic acids is 1. The number of aliphatic hydroxyl groups excluding tert-OH is 2. The molecule has 2 N–H and O–H groups in total. The number of benzene rings is 1. The number of carbonyl (C=O) groups is 1. The van der Waals surface area contributed by atoms with Gasteiger partial charge in [0.15, 0.2) is 0 Å². The van der Waals surface area contributed by atoms with Crippen LogP contribution in [0.2, 0.25) is 5.15 Å². The van der Waals surface area contributed by atoms with E-state index in [0.717, 1.165) is 0 Å². The fourth-order valence-electron chi connectivity index (χ4n) is 1.91. The molecule has 2 unspecified atom stereocenters. The molecule has 112 valence electrons. The summed E-state index contributed by atoms with van der Waals surface area (Å²) in [6.07, 6.45) is -1.34. The first-order valence-electron chi connectivity index (χ1n) is 6.45. The smallest absolute Gasteiger partial charge is 0.308 e. The van der Waals surface area contributed by atoms with Crippen molar-refractivity contribution in [2.45, 2.75) is 25.6 Å². The Bertz CT molecular complexity index is 650. The van der Waals surface area contributed by atoms with E-state index < -0.39 is 18.2 Å². The number of hydrogen-bond donors (Lipinski definition) is 2. The summed E-state index contributed by atoms with van der Waals surface area (Å²) in [4.78, 5) is 19.5. The van der Waals surface area contributed by atoms with Gasteiger partial charge in [-0.2, -0.15) is 0 Å². The number of aromatic nitrogens is 2. The van der Waals surface area contributed by atoms with E-state index in [2.05, 4.69) is 9.97 Å². The Balaban J connectivity index is 2.18. The zero-order chi connectivity index (χ0) is 15.4. The van der Waals surface area contributed by atoms with Gasteiger partial charge in [0, 0.05) is 0 Å². The molecular formula is C14H15ClN2O4. The minimum Gasteiger partial charge on any atom is -0.466 e. The second-order valence-corrected chi connectivity index (χ2v) is 4.85. The van der Waals surface area contributed by atoms with Crippen molar-refractivity contribution in [1.29, 1.82) is 0 Å². The molecular weight excluding hydrogens is 296 g/mol. The predicted octanol–water partition coefficient (Wildman–Crippen LogP) is 1.63. The van der Waals surface area contributed by atoms with Crippen LogP contribution in [-0.4, -0.2) is 38.9 Å². The summed E-state index contributed by atoms with van der Waals surface area (Å²) in [5.74, 6) is -0.562. The fraction of sp³-hybridized carbons (Fsp3) is 0.357. The van der Waals surface area contributed by atoms with Crippen LogP contribution < -0.4 is 0 Å². The summed E-state index contributed by atoms with van der Waals surface area (Å²) in [6.45, 7) is 1.90. The molecule has 0 fully saturated rings. The molecule has 6 nitrogen and oxygen atoms in total. The summed E-state index contributed by atoms with van der Waals surface area (Å²) in [7, 11) is 0. The first kappa shape index (κ1) is 15.6. The summed E-state index contributed by atoms with van der Waals surface area (Å²) < 4.78 is 4.73. The summed E-state index contributed by atoms with van der Waals surface area (Å²) in [5, 5.41) is 20.2. The van der Waals surface area contributed by atoms with Gasteiger partial charge < -0.3 is 14.9 Å². The Morgan fingerprint density at radius 2 is 2.14 bits per heavy atom. The molecule has 2 aromatic rings. The standard InChI is InChI=1S/C14H15ClN2O4/c1-2-21-13(19)6-11(18)14(20)8-3-4-9-10(5-8)17-12(15)7-16-9/h3-5,7,11,14,18,20H,2,6H2,1H3. The number of aliphatic hydroxyl groups is 2. The van der Waals surface area contributed by atoms with E-state index in [1.807, 2.05) is 0 Å². The number of nitrogens with zero attached hydrogens (tertiary/aromatic N) is 2. The minimum absolute atomic E-state index is 0.228. The Labute approximate surface area is 126 Å². The second kappa shape index (κ2) is 6.80. The first-order valence-corrected chi connectivity index (χ1v) is 6.83. The topological polar surface area (TPSA) is 92.5 Å². The summed E-state index contributed by atoms with van der Waals surface area (Å²) in [6, 6.07) is 4.85. The highest BCUT2D eigenvalue weighted by molar-refractivity contribution is 6.29. The van der Waals surface area contributed by atoms with Crippen LogP contribution >= 0.6 is 11.6 Å². The van der Waals surface area contributed by atoms with Gasteiger partial charge >= 0.3 is 5.97 Å². The van der Waals surface area contributed by atoms with Gasteiger partial charge in [-0.3, -0.25) is 9.78 Å². The molecule has 21 heavy (non-hydrogen) atoms. The van der Waals surface area contributed by atoms with E-state index in [1.54, 1.807) is 25.1 Å². The molecule has 0 aliphatic rings. The highest BCUT2D eigenvalue weighted by Gasteiger charge is 2.22. The SMILES string of the molecule is CCOC(=O)CC(O)C(O)c1ccc2ncc(Cl)nc2c1. The van der Waals surface area contributed by atoms with Gasteiger partial charge in [-0.15, -0.1) is 0 Å². The van der Waals surface area contributed by atoms with Crippen molar-refractivity contribution < 1.29 is 19.7 Å². The largest absolute Gasteiger partial charge is 0.466 e. The number of esters is 1. The van der Waals surface area contributed by atoms with Crippen molar-refractivity contribution in [3.05, 3.63) is 35.1 Å². The normalized spacial score (nSPS) is 13.9. The molecule has 1 aromatic heterocycles. The third kappa shape index (κ3) is 3.87. The predicted molar refractivity (Wildman–Crippen MR) is 76.8 cm³/mol. The van der Waals surface area contributed by atoms with Crippen molar-refractivity contribution in [3.63, 3.8) is 0 Å². The van der Waals surface area contributed by atoms with Gasteiger partial charge in [-0.25, -0.2) is 4.98 Å². The van der Waals surface area contributed by atoms with E-state index in [9.17, 15) is 15.0 Å². The zero-order valence-corrected chi connectivity index (χ0v) is 12.1. The third-order valence-electron chi connectivity index (χ3n) is 2.92. The lowest BCUT2D eigenvalue weighted by Gasteiger charge is -2.17. The van der Waals surface area contributed by atoms with E-state index in [1.165, 1.54) is 6.20 Å². The number of rotatable bonds is 5. The van der Waals surface area contributed by atoms with Crippen molar-refractivity contribution in [3.8, 4) is 0 Å². The van der Waals surface area contributed by atoms with Crippen molar-refractivity contribution >= 4 is 28.6 Å². The molecule has 2 atom stereocenters. The first-order chi connectivity index (χ1) is 10.0. The van der Waals surface area contributed by atoms with Gasteiger partial charge in [-0.1, -0.05) is 17.7 Å². The fourth-order valence-corrected chi connectivity index (χ4v) is 2.05. The number of halogens is 1. The molecule has 7 heteroatoms. The second-order valence-electron chi connectivity index (χ2n) is 4.46. The van der Waals surface area contributed by atoms with Crippen LogP contribution in [0, 0.1) is 0 Å². The van der Waals surface area contributed by atoms with Crippen LogP contribution in [0.5, 0.6) is 0 Å². The van der Waals surface area contributed by atoms with E-state index in [0.29, 0.717) is 16.6 Å². The quantitative estimate of drug-likeness (QED) is 0.815. The van der Waals surface area contributed by atoms with E-state index >= 15 is 0 Å². The molecule has 0 aliphatic carbocycles. The maximum atomic E-state index is 11.3. The average molecular weight is 311 g/mol. The molecule has 0 saturated carbocycles. The van der Waals surface area contributed by atoms with Gasteiger partial charge in [0.1, 0.15) is 11.3 Å².